The summed E-state index contributed by atoms with van der Waals surface area (Å²) in [6.45, 7) is -2.44. The van der Waals surface area contributed by atoms with E-state index < -0.39 is 233 Å². The minimum absolute atomic E-state index is 0.0601. The van der Waals surface area contributed by atoms with Crippen molar-refractivity contribution in [2.24, 2.45) is 33.8 Å². The third-order valence-corrected chi connectivity index (χ3v) is 14.9. The second-order valence-electron chi connectivity index (χ2n) is 23.0. The topological polar surface area (TPSA) is 696 Å². The Morgan fingerprint density at radius 3 is 1.37 bits per heavy atom. The zero-order chi connectivity index (χ0) is 76.6. The number of H-pyrrole nitrogens is 1. The molecule has 0 spiro atoms. The van der Waals surface area contributed by atoms with Crippen LogP contribution in [-0.4, -0.2) is 266 Å². The zero-order valence-corrected chi connectivity index (χ0v) is 56.7. The molecule has 0 aliphatic carbocycles. The first-order chi connectivity index (χ1) is 48.3. The Kier molecular flexibility index (Phi) is 40.0. The molecular weight excluding hydrogens is 1370 g/mol. The van der Waals surface area contributed by atoms with Crippen molar-refractivity contribution in [1.82, 2.24) is 79.1 Å². The summed E-state index contributed by atoms with van der Waals surface area (Å²) in [7, 11) is 0. The number of aliphatic hydroxyl groups is 3. The quantitative estimate of drug-likeness (QED) is 0.0127. The number of aliphatic imine (C=N–C) groups is 1. The van der Waals surface area contributed by atoms with Gasteiger partial charge in [-0.3, -0.25) is 76.9 Å². The van der Waals surface area contributed by atoms with E-state index in [0.717, 1.165) is 0 Å². The highest BCUT2D eigenvalue weighted by Gasteiger charge is 2.36. The molecule has 28 N–H and O–H groups in total. The molecule has 42 nitrogen and oxygen atoms in total. The standard InChI is InChI=1S/C59H92N20O22S/c1-29(2)47(61)57(99)74-33(13-14-45(86)87)49(91)67-22-43(84)71-38(24-80)54(96)76-36(18-31-20-64-28-69-31)52(94)77-37(19-46(88)89)53(95)75-35(17-30-9-4-3-5-10-30)51(93)78-40(26-82)56(98)79-39(25-81)55(97)73-32(11-6-7-15-60)48(90)66-23-44(85)72-41(27-102)50(92)68-21-42(83)70-34(58(100)101)12-8-16-65-59(62)63/h3-5,9-10,20,28-29,32-41,47,80-82,102H,6-8,11-19,21-27,60-61H2,1-2H3,(H,64,69)(H,66,90)(H,67,91)(H,68,92)(H,70,83)(H,71,84)(H,72,85)(H,73,97)(H,74,99)(H,75,95)(H,76,96)(H,77,94)(H,78,93)(H,79,98)(H,86,87)(H,88,89)(H,100,101)(H4,62,63,65). The number of thiol groups is 1. The summed E-state index contributed by atoms with van der Waals surface area (Å²) in [5.41, 5.74) is 22.5. The van der Waals surface area contributed by atoms with Crippen molar-refractivity contribution in [2.45, 2.75) is 145 Å². The zero-order valence-electron chi connectivity index (χ0n) is 55.8. The molecule has 102 heavy (non-hydrogen) atoms. The van der Waals surface area contributed by atoms with Crippen molar-refractivity contribution >= 4 is 113 Å². The van der Waals surface area contributed by atoms with Gasteiger partial charge in [-0.25, -0.2) is 9.78 Å². The number of carboxylic acids is 3. The average Bonchev–Trinajstić information content (AvgIpc) is 1.06. The first kappa shape index (κ1) is 87.5. The Hall–Kier alpha value is -10.6. The van der Waals surface area contributed by atoms with Gasteiger partial charge in [-0.05, 0) is 56.6 Å². The molecule has 2 aromatic rings. The van der Waals surface area contributed by atoms with Gasteiger partial charge in [-0.15, -0.1) is 0 Å². The first-order valence-corrected chi connectivity index (χ1v) is 32.4. The van der Waals surface area contributed by atoms with Crippen molar-refractivity contribution in [1.29, 1.82) is 0 Å². The smallest absolute Gasteiger partial charge is 0.326 e. The molecule has 0 saturated heterocycles. The van der Waals surface area contributed by atoms with Crippen molar-refractivity contribution in [2.75, 3.05) is 58.3 Å². The molecule has 0 radical (unpaired) electrons. The van der Waals surface area contributed by atoms with Gasteiger partial charge in [-0.1, -0.05) is 44.2 Å². The van der Waals surface area contributed by atoms with E-state index in [1.807, 2.05) is 0 Å². The predicted octanol–water partition coefficient (Wildman–Crippen LogP) is -11.1. The van der Waals surface area contributed by atoms with E-state index >= 15 is 0 Å². The van der Waals surface area contributed by atoms with Crippen LogP contribution in [0.2, 0.25) is 0 Å². The van der Waals surface area contributed by atoms with E-state index in [4.69, 9.17) is 22.9 Å². The predicted molar refractivity (Wildman–Crippen MR) is 358 cm³/mol. The van der Waals surface area contributed by atoms with Crippen molar-refractivity contribution in [3.05, 3.63) is 54.1 Å². The van der Waals surface area contributed by atoms with E-state index in [-0.39, 0.29) is 62.1 Å². The van der Waals surface area contributed by atoms with Gasteiger partial charge >= 0.3 is 17.9 Å². The SMILES string of the molecule is CC(C)C(N)C(=O)NC(CCC(=O)O)C(=O)NCC(=O)NC(CO)C(=O)NC(Cc1cnc[nH]1)C(=O)NC(CC(=O)O)C(=O)NC(Cc1ccccc1)C(=O)NC(CO)C(=O)NC(CO)C(=O)NC(CCCCN)C(=O)NCC(=O)NC(CS)C(=O)NCC(=O)NC(CCCN=C(N)N)C(=O)O. The number of rotatable bonds is 49. The second-order valence-corrected chi connectivity index (χ2v) is 23.4. The average molecular weight is 1470 g/mol. The molecule has 43 heteroatoms. The molecule has 11 unspecified atom stereocenters. The summed E-state index contributed by atoms with van der Waals surface area (Å²) in [5, 5.41) is 88.7. The Labute approximate surface area is 588 Å². The highest BCUT2D eigenvalue weighted by atomic mass is 32.1. The molecule has 1 aromatic carbocycles. The second kappa shape index (κ2) is 46.7. The highest BCUT2D eigenvalue weighted by molar-refractivity contribution is 7.80. The van der Waals surface area contributed by atoms with E-state index in [0.29, 0.717) is 12.0 Å². The Bertz CT molecular complexity index is 3200. The number of carbonyl (C=O) groups excluding carboxylic acids is 13. The summed E-state index contributed by atoms with van der Waals surface area (Å²) in [6, 6.07) is -10.5. The van der Waals surface area contributed by atoms with Crippen LogP contribution in [0, 0.1) is 5.92 Å². The number of benzene rings is 1. The summed E-state index contributed by atoms with van der Waals surface area (Å²) in [4.78, 5) is 220. The fourth-order valence-corrected chi connectivity index (χ4v) is 9.17. The largest absolute Gasteiger partial charge is 0.481 e. The van der Waals surface area contributed by atoms with Crippen molar-refractivity contribution in [3.8, 4) is 0 Å². The number of nitrogens with one attached hydrogen (secondary N) is 14. The third-order valence-electron chi connectivity index (χ3n) is 14.6. The number of carboxylic acid groups (broad SMARTS) is 3. The highest BCUT2D eigenvalue weighted by Crippen LogP contribution is 2.10. The fourth-order valence-electron chi connectivity index (χ4n) is 8.92. The molecule has 566 valence electrons. The summed E-state index contributed by atoms with van der Waals surface area (Å²) in [6.07, 6.45) is -0.112. The molecular formula is C59H92N20O22S. The molecule has 11 atom stereocenters. The van der Waals surface area contributed by atoms with Crippen LogP contribution < -0.4 is 92.1 Å². The lowest BCUT2D eigenvalue weighted by molar-refractivity contribution is -0.142. The molecule has 0 aliphatic heterocycles. The first-order valence-electron chi connectivity index (χ1n) is 31.7. The van der Waals surface area contributed by atoms with Crippen LogP contribution in [0.4, 0.5) is 0 Å². The van der Waals surface area contributed by atoms with E-state index in [1.165, 1.54) is 24.7 Å². The fraction of sp³-hybridized carbons (Fsp3) is 0.559. The molecule has 0 aliphatic rings. The number of aliphatic hydroxyl groups excluding tert-OH is 3. The van der Waals surface area contributed by atoms with Crippen molar-refractivity contribution < 1.29 is 107 Å². The van der Waals surface area contributed by atoms with Crippen molar-refractivity contribution in [3.63, 3.8) is 0 Å². The number of imidazole rings is 1. The number of unbranched alkanes of at least 4 members (excludes halogenated alkanes) is 1. The normalized spacial score (nSPS) is 14.1. The molecule has 13 amide bonds. The molecule has 1 aromatic heterocycles. The number of hydrogen-bond donors (Lipinski definition) is 25. The number of carbonyl (C=O) groups is 16. The van der Waals surface area contributed by atoms with E-state index in [9.17, 15) is 107 Å². The lowest BCUT2D eigenvalue weighted by Crippen LogP contribution is -2.61. The third kappa shape index (κ3) is 33.5. The van der Waals surface area contributed by atoms with Gasteiger partial charge in [0.1, 0.15) is 60.4 Å². The van der Waals surface area contributed by atoms with Crippen LogP contribution in [-0.2, 0) is 89.6 Å². The van der Waals surface area contributed by atoms with Gasteiger partial charge in [0.05, 0.1) is 58.2 Å². The number of amides is 13. The number of aromatic nitrogens is 2. The van der Waals surface area contributed by atoms with Gasteiger partial charge in [0.25, 0.3) is 0 Å². The summed E-state index contributed by atoms with van der Waals surface area (Å²) >= 11 is 4.05. The number of guanidine groups is 1. The monoisotopic (exact) mass is 1460 g/mol. The van der Waals surface area contributed by atoms with Crippen LogP contribution in [0.5, 0.6) is 0 Å². The van der Waals surface area contributed by atoms with Gasteiger partial charge < -0.3 is 128 Å². The van der Waals surface area contributed by atoms with Crippen LogP contribution in [0.3, 0.4) is 0 Å². The Morgan fingerprint density at radius 1 is 0.500 bits per heavy atom. The molecule has 1 heterocycles. The van der Waals surface area contributed by atoms with Crippen LogP contribution >= 0.6 is 12.6 Å². The summed E-state index contributed by atoms with van der Waals surface area (Å²) in [5.74, 6) is -19.6. The molecule has 2 rings (SSSR count). The molecule has 0 fully saturated rings. The number of aliphatic carboxylic acids is 3. The van der Waals surface area contributed by atoms with E-state index in [1.54, 1.807) is 32.0 Å². The van der Waals surface area contributed by atoms with Crippen LogP contribution in [0.1, 0.15) is 76.5 Å². The number of nitrogens with zero attached hydrogens (tertiary/aromatic N) is 2. The summed E-state index contributed by atoms with van der Waals surface area (Å²) < 4.78 is 0. The van der Waals surface area contributed by atoms with Gasteiger partial charge in [0.15, 0.2) is 5.96 Å². The van der Waals surface area contributed by atoms with Crippen LogP contribution in [0.25, 0.3) is 0 Å². The number of aromatic amines is 1. The minimum Gasteiger partial charge on any atom is -0.481 e. The molecule has 0 saturated carbocycles. The van der Waals surface area contributed by atoms with Crippen LogP contribution in [0.15, 0.2) is 47.8 Å². The van der Waals surface area contributed by atoms with Gasteiger partial charge in [0, 0.05) is 43.5 Å². The minimum atomic E-state index is -2.08. The maximum Gasteiger partial charge on any atom is 0.326 e. The number of nitrogens with two attached hydrogens (primary N) is 4. The van der Waals surface area contributed by atoms with Gasteiger partial charge in [-0.2, -0.15) is 12.6 Å². The lowest BCUT2D eigenvalue weighted by atomic mass is 10.0. The molecule has 0 bridgehead atoms. The maximum absolute atomic E-state index is 14.2. The van der Waals surface area contributed by atoms with Gasteiger partial charge in [0.2, 0.25) is 76.8 Å². The Balaban J connectivity index is 2.27. The lowest BCUT2D eigenvalue weighted by Gasteiger charge is -2.27. The number of hydrogen-bond acceptors (Lipinski definition) is 24. The Morgan fingerprint density at radius 2 is 0.922 bits per heavy atom. The maximum atomic E-state index is 14.2. The van der Waals surface area contributed by atoms with E-state index in [2.05, 4.69) is 96.7 Å².